The molecule has 0 N–H and O–H groups in total. The molecule has 0 aliphatic rings. The predicted molar refractivity (Wildman–Crippen MR) is 74.4 cm³/mol. The molecule has 3 nitrogen and oxygen atoms in total. The predicted octanol–water partition coefficient (Wildman–Crippen LogP) is 3.51. The second kappa shape index (κ2) is 5.38. The monoisotopic (exact) mass is 265 g/mol. The molecule has 1 aromatic heterocycles. The average Bonchev–Trinajstić information content (AvgIpc) is 2.75. The van der Waals surface area contributed by atoms with Crippen LogP contribution in [0.3, 0.4) is 0 Å². The fourth-order valence-electron chi connectivity index (χ4n) is 1.41. The lowest BCUT2D eigenvalue weighted by atomic mass is 10.3. The number of hydrogen-bond donors (Lipinski definition) is 0. The number of hydrogen-bond acceptors (Lipinski definition) is 3. The summed E-state index contributed by atoms with van der Waals surface area (Å²) in [5, 5.41) is 5.70. The number of nitrogens with zero attached hydrogens (tertiary/aromatic N) is 3. The third-order valence-corrected chi connectivity index (χ3v) is 3.25. The molecule has 1 heterocycles. The number of rotatable bonds is 2. The summed E-state index contributed by atoms with van der Waals surface area (Å²) in [4.78, 5) is 4.55. The maximum Gasteiger partial charge on any atom is 0.107 e. The van der Waals surface area contributed by atoms with Gasteiger partial charge in [-0.2, -0.15) is 5.10 Å². The minimum absolute atomic E-state index is 0.656. The standard InChI is InChI=1S/C12H12ClN3S/c1-16-8-9(7-14-16)12(17-2)15-11-6-4-3-5-10(11)13/h3-8H,1-2H3. The van der Waals surface area contributed by atoms with Gasteiger partial charge in [0, 0.05) is 18.8 Å². The Labute approximate surface area is 110 Å². The molecular weight excluding hydrogens is 254 g/mol. The van der Waals surface area contributed by atoms with Crippen molar-refractivity contribution >= 4 is 34.1 Å². The first-order chi connectivity index (χ1) is 8.20. The number of aryl methyl sites for hydroxylation is 1. The summed E-state index contributed by atoms with van der Waals surface area (Å²) >= 11 is 7.66. The first kappa shape index (κ1) is 12.2. The summed E-state index contributed by atoms with van der Waals surface area (Å²) in [6.45, 7) is 0. The van der Waals surface area contributed by atoms with Crippen LogP contribution >= 0.6 is 23.4 Å². The van der Waals surface area contributed by atoms with Crippen LogP contribution in [-0.4, -0.2) is 21.1 Å². The topological polar surface area (TPSA) is 30.2 Å². The van der Waals surface area contributed by atoms with Crippen LogP contribution in [-0.2, 0) is 7.05 Å². The van der Waals surface area contributed by atoms with E-state index in [0.717, 1.165) is 16.3 Å². The Balaban J connectivity index is 2.39. The van der Waals surface area contributed by atoms with Crippen LogP contribution < -0.4 is 0 Å². The van der Waals surface area contributed by atoms with E-state index in [-0.39, 0.29) is 0 Å². The van der Waals surface area contributed by atoms with E-state index in [9.17, 15) is 0 Å². The van der Waals surface area contributed by atoms with Gasteiger partial charge in [0.15, 0.2) is 0 Å². The molecule has 0 amide bonds. The highest BCUT2D eigenvalue weighted by atomic mass is 35.5. The number of thioether (sulfide) groups is 1. The van der Waals surface area contributed by atoms with E-state index >= 15 is 0 Å². The van der Waals surface area contributed by atoms with Gasteiger partial charge >= 0.3 is 0 Å². The molecule has 0 saturated carbocycles. The van der Waals surface area contributed by atoms with Crippen LogP contribution in [0.1, 0.15) is 5.56 Å². The summed E-state index contributed by atoms with van der Waals surface area (Å²) in [5.74, 6) is 0. The molecule has 0 fully saturated rings. The highest BCUT2D eigenvalue weighted by Crippen LogP contribution is 2.26. The minimum atomic E-state index is 0.656. The SMILES string of the molecule is CSC(=Nc1ccccc1Cl)c1cnn(C)c1. The Morgan fingerprint density at radius 1 is 1.41 bits per heavy atom. The smallest absolute Gasteiger partial charge is 0.107 e. The zero-order valence-electron chi connectivity index (χ0n) is 9.59. The maximum absolute atomic E-state index is 6.08. The molecule has 0 bridgehead atoms. The van der Waals surface area contributed by atoms with Gasteiger partial charge in [-0.05, 0) is 18.4 Å². The molecule has 0 aliphatic carbocycles. The van der Waals surface area contributed by atoms with Gasteiger partial charge in [-0.1, -0.05) is 23.7 Å². The zero-order valence-corrected chi connectivity index (χ0v) is 11.2. The van der Waals surface area contributed by atoms with E-state index in [1.54, 1.807) is 22.6 Å². The summed E-state index contributed by atoms with van der Waals surface area (Å²) in [6.07, 6.45) is 5.72. The normalized spacial score (nSPS) is 11.8. The molecular formula is C12H12ClN3S. The largest absolute Gasteiger partial charge is 0.275 e. The van der Waals surface area contributed by atoms with E-state index in [0.29, 0.717) is 5.02 Å². The number of para-hydroxylation sites is 1. The van der Waals surface area contributed by atoms with Crippen molar-refractivity contribution in [1.82, 2.24) is 9.78 Å². The number of aromatic nitrogens is 2. The lowest BCUT2D eigenvalue weighted by Crippen LogP contribution is -1.92. The molecule has 17 heavy (non-hydrogen) atoms. The van der Waals surface area contributed by atoms with Crippen molar-refractivity contribution in [3.8, 4) is 0 Å². The fraction of sp³-hybridized carbons (Fsp3) is 0.167. The summed E-state index contributed by atoms with van der Waals surface area (Å²) in [5.41, 5.74) is 1.78. The van der Waals surface area contributed by atoms with Crippen LogP contribution in [0.25, 0.3) is 0 Å². The number of benzene rings is 1. The van der Waals surface area contributed by atoms with Gasteiger partial charge in [0.1, 0.15) is 5.04 Å². The zero-order chi connectivity index (χ0) is 12.3. The van der Waals surface area contributed by atoms with Gasteiger partial charge in [0.25, 0.3) is 0 Å². The summed E-state index contributed by atoms with van der Waals surface area (Å²) in [7, 11) is 1.89. The third kappa shape index (κ3) is 2.90. The van der Waals surface area contributed by atoms with Gasteiger partial charge in [-0.3, -0.25) is 4.68 Å². The quantitative estimate of drug-likeness (QED) is 0.614. The Hall–Kier alpha value is -1.26. The highest BCUT2D eigenvalue weighted by molar-refractivity contribution is 8.13. The van der Waals surface area contributed by atoms with Gasteiger partial charge in [0.05, 0.1) is 16.9 Å². The highest BCUT2D eigenvalue weighted by Gasteiger charge is 2.06. The van der Waals surface area contributed by atoms with Crippen molar-refractivity contribution in [2.45, 2.75) is 0 Å². The summed E-state index contributed by atoms with van der Waals surface area (Å²) < 4.78 is 1.76. The average molecular weight is 266 g/mol. The molecule has 88 valence electrons. The molecule has 0 aliphatic heterocycles. The first-order valence-corrected chi connectivity index (χ1v) is 6.67. The van der Waals surface area contributed by atoms with E-state index in [4.69, 9.17) is 11.6 Å². The van der Waals surface area contributed by atoms with E-state index in [1.165, 1.54) is 0 Å². The lowest BCUT2D eigenvalue weighted by Gasteiger charge is -2.01. The molecule has 2 rings (SSSR count). The Kier molecular flexibility index (Phi) is 3.86. The van der Waals surface area contributed by atoms with Gasteiger partial charge in [-0.25, -0.2) is 4.99 Å². The van der Waals surface area contributed by atoms with Gasteiger partial charge in [-0.15, -0.1) is 11.8 Å². The number of aliphatic imine (C=N–C) groups is 1. The van der Waals surface area contributed by atoms with Crippen LogP contribution in [0.15, 0.2) is 41.7 Å². The second-order valence-electron chi connectivity index (χ2n) is 3.48. The van der Waals surface area contributed by atoms with Gasteiger partial charge < -0.3 is 0 Å². The van der Waals surface area contributed by atoms with Crippen molar-refractivity contribution in [1.29, 1.82) is 0 Å². The van der Waals surface area contributed by atoms with Crippen molar-refractivity contribution in [3.05, 3.63) is 47.2 Å². The summed E-state index contributed by atoms with van der Waals surface area (Å²) in [6, 6.07) is 7.55. The van der Waals surface area contributed by atoms with Crippen molar-refractivity contribution in [2.24, 2.45) is 12.0 Å². The Morgan fingerprint density at radius 2 is 2.18 bits per heavy atom. The molecule has 0 saturated heterocycles. The maximum atomic E-state index is 6.08. The van der Waals surface area contributed by atoms with Crippen LogP contribution in [0.2, 0.25) is 5.02 Å². The Bertz CT molecular complexity index is 548. The molecule has 1 aromatic carbocycles. The van der Waals surface area contributed by atoms with Crippen molar-refractivity contribution in [2.75, 3.05) is 6.26 Å². The molecule has 0 unspecified atom stereocenters. The molecule has 0 spiro atoms. The fourth-order valence-corrected chi connectivity index (χ4v) is 2.12. The second-order valence-corrected chi connectivity index (χ2v) is 4.68. The number of halogens is 1. The van der Waals surface area contributed by atoms with Crippen LogP contribution in [0, 0.1) is 0 Å². The van der Waals surface area contributed by atoms with Crippen molar-refractivity contribution in [3.63, 3.8) is 0 Å². The molecule has 0 radical (unpaired) electrons. The third-order valence-electron chi connectivity index (χ3n) is 2.22. The minimum Gasteiger partial charge on any atom is -0.275 e. The Morgan fingerprint density at radius 3 is 2.76 bits per heavy atom. The van der Waals surface area contributed by atoms with E-state index < -0.39 is 0 Å². The van der Waals surface area contributed by atoms with E-state index in [2.05, 4.69) is 10.1 Å². The molecule has 0 atom stereocenters. The molecule has 5 heteroatoms. The van der Waals surface area contributed by atoms with Gasteiger partial charge in [0.2, 0.25) is 0 Å². The van der Waals surface area contributed by atoms with E-state index in [1.807, 2.05) is 43.8 Å². The first-order valence-electron chi connectivity index (χ1n) is 5.07. The van der Waals surface area contributed by atoms with Crippen LogP contribution in [0.5, 0.6) is 0 Å². The van der Waals surface area contributed by atoms with Crippen molar-refractivity contribution < 1.29 is 0 Å². The lowest BCUT2D eigenvalue weighted by molar-refractivity contribution is 0.767. The van der Waals surface area contributed by atoms with Crippen LogP contribution in [0.4, 0.5) is 5.69 Å². The molecule has 2 aromatic rings.